The van der Waals surface area contributed by atoms with E-state index >= 15 is 0 Å². The Bertz CT molecular complexity index is 560. The topological polar surface area (TPSA) is 67.0 Å². The van der Waals surface area contributed by atoms with Gasteiger partial charge in [0.25, 0.3) is 5.91 Å². The summed E-state index contributed by atoms with van der Waals surface area (Å²) in [5.74, 6) is -0.131. The van der Waals surface area contributed by atoms with E-state index in [4.69, 9.17) is 4.74 Å². The number of hydrogen-bond donors (Lipinski definition) is 2. The van der Waals surface area contributed by atoms with Crippen LogP contribution >= 0.6 is 0 Å². The fourth-order valence-electron chi connectivity index (χ4n) is 2.63. The minimum absolute atomic E-state index is 0.131. The highest BCUT2D eigenvalue weighted by molar-refractivity contribution is 5.92. The third-order valence-corrected chi connectivity index (χ3v) is 3.77. The lowest BCUT2D eigenvalue weighted by molar-refractivity contribution is 0.0344. The molecule has 1 amide bonds. The van der Waals surface area contributed by atoms with Gasteiger partial charge in [0.2, 0.25) is 0 Å². The summed E-state index contributed by atoms with van der Waals surface area (Å²) in [7, 11) is 0. The van der Waals surface area contributed by atoms with E-state index in [1.165, 1.54) is 12.5 Å². The Balaban J connectivity index is 1.88. The van der Waals surface area contributed by atoms with Crippen molar-refractivity contribution in [3.8, 4) is 0 Å². The number of imidazole rings is 1. The van der Waals surface area contributed by atoms with Crippen LogP contribution in [0.3, 0.4) is 0 Å². The van der Waals surface area contributed by atoms with Crippen molar-refractivity contribution in [3.63, 3.8) is 0 Å². The number of carbonyl (C=O) groups excluding carboxylic acids is 1. The van der Waals surface area contributed by atoms with Gasteiger partial charge >= 0.3 is 0 Å². The molecule has 0 saturated carbocycles. The number of carbonyl (C=O) groups is 1. The van der Waals surface area contributed by atoms with Crippen LogP contribution in [0.4, 0.5) is 0 Å². The summed E-state index contributed by atoms with van der Waals surface area (Å²) in [5, 5.41) is 3.16. The monoisotopic (exact) mass is 271 g/mol. The fourth-order valence-corrected chi connectivity index (χ4v) is 2.63. The van der Waals surface area contributed by atoms with Crippen molar-refractivity contribution in [2.75, 3.05) is 13.2 Å². The number of aromatic nitrogens is 2. The first-order chi connectivity index (χ1) is 9.80. The van der Waals surface area contributed by atoms with Gasteiger partial charge in [-0.1, -0.05) is 30.3 Å². The van der Waals surface area contributed by atoms with Gasteiger partial charge < -0.3 is 15.0 Å². The average Bonchev–Trinajstić information content (AvgIpc) is 3.03. The van der Waals surface area contributed by atoms with E-state index in [0.717, 1.165) is 18.4 Å². The third-order valence-electron chi connectivity index (χ3n) is 3.77. The van der Waals surface area contributed by atoms with Crippen molar-refractivity contribution in [1.82, 2.24) is 15.3 Å². The largest absolute Gasteiger partial charge is 0.381 e. The Morgan fingerprint density at radius 1 is 1.25 bits per heavy atom. The molecule has 20 heavy (non-hydrogen) atoms. The quantitative estimate of drug-likeness (QED) is 0.895. The second kappa shape index (κ2) is 5.46. The summed E-state index contributed by atoms with van der Waals surface area (Å²) in [6.07, 6.45) is 4.59. The summed E-state index contributed by atoms with van der Waals surface area (Å²) >= 11 is 0. The van der Waals surface area contributed by atoms with Crippen LogP contribution in [0.25, 0.3) is 0 Å². The van der Waals surface area contributed by atoms with Crippen molar-refractivity contribution in [2.24, 2.45) is 0 Å². The number of benzene rings is 1. The molecule has 104 valence electrons. The van der Waals surface area contributed by atoms with Crippen LogP contribution in [-0.2, 0) is 10.3 Å². The highest BCUT2D eigenvalue weighted by Gasteiger charge is 2.36. The van der Waals surface area contributed by atoms with Gasteiger partial charge in [0.15, 0.2) is 0 Å². The van der Waals surface area contributed by atoms with Gasteiger partial charge in [-0.2, -0.15) is 0 Å². The maximum Gasteiger partial charge on any atom is 0.270 e. The first-order valence-electron chi connectivity index (χ1n) is 6.74. The predicted molar refractivity (Wildman–Crippen MR) is 74.2 cm³/mol. The zero-order chi connectivity index (χ0) is 13.8. The Morgan fingerprint density at radius 3 is 2.65 bits per heavy atom. The summed E-state index contributed by atoms with van der Waals surface area (Å²) in [6.45, 7) is 1.30. The number of H-pyrrole nitrogens is 1. The molecule has 0 unspecified atom stereocenters. The maximum atomic E-state index is 12.3. The van der Waals surface area contributed by atoms with Crippen LogP contribution in [0.1, 0.15) is 28.9 Å². The smallest absolute Gasteiger partial charge is 0.270 e. The lowest BCUT2D eigenvalue weighted by Gasteiger charge is -2.38. The molecule has 0 radical (unpaired) electrons. The minimum atomic E-state index is -0.359. The Hall–Kier alpha value is -2.14. The highest BCUT2D eigenvalue weighted by Crippen LogP contribution is 2.32. The number of ether oxygens (including phenoxy) is 1. The van der Waals surface area contributed by atoms with Gasteiger partial charge in [-0.15, -0.1) is 0 Å². The summed E-state index contributed by atoms with van der Waals surface area (Å²) in [5.41, 5.74) is 1.24. The van der Waals surface area contributed by atoms with Crippen LogP contribution in [0.15, 0.2) is 42.9 Å². The van der Waals surface area contributed by atoms with Crippen LogP contribution in [-0.4, -0.2) is 29.1 Å². The number of aromatic amines is 1. The highest BCUT2D eigenvalue weighted by atomic mass is 16.5. The van der Waals surface area contributed by atoms with E-state index in [2.05, 4.69) is 27.4 Å². The van der Waals surface area contributed by atoms with E-state index in [9.17, 15) is 4.79 Å². The third kappa shape index (κ3) is 2.44. The zero-order valence-electron chi connectivity index (χ0n) is 11.1. The van der Waals surface area contributed by atoms with Gasteiger partial charge in [0.05, 0.1) is 18.1 Å². The Labute approximate surface area is 117 Å². The SMILES string of the molecule is O=C(NC1(c2ccccc2)CCOCC1)c1cnc[nH]1. The molecule has 1 aromatic carbocycles. The molecule has 5 heteroatoms. The molecule has 2 heterocycles. The normalized spacial score (nSPS) is 17.6. The second-order valence-electron chi connectivity index (χ2n) is 4.98. The molecule has 1 aliphatic rings. The van der Waals surface area contributed by atoms with Crippen molar-refractivity contribution in [3.05, 3.63) is 54.1 Å². The molecule has 0 aliphatic carbocycles. The standard InChI is InChI=1S/C15H17N3O2/c19-14(13-10-16-11-17-13)18-15(6-8-20-9-7-15)12-4-2-1-3-5-12/h1-5,10-11H,6-9H2,(H,16,17)(H,18,19). The van der Waals surface area contributed by atoms with Gasteiger partial charge in [-0.3, -0.25) is 4.79 Å². The van der Waals surface area contributed by atoms with E-state index in [1.54, 1.807) is 0 Å². The van der Waals surface area contributed by atoms with Crippen molar-refractivity contribution >= 4 is 5.91 Å². The van der Waals surface area contributed by atoms with Gasteiger partial charge in [-0.25, -0.2) is 4.98 Å². The fraction of sp³-hybridized carbons (Fsp3) is 0.333. The van der Waals surface area contributed by atoms with Crippen LogP contribution in [0, 0.1) is 0 Å². The van der Waals surface area contributed by atoms with Crippen molar-refractivity contribution < 1.29 is 9.53 Å². The summed E-state index contributed by atoms with van der Waals surface area (Å²) in [4.78, 5) is 19.1. The first kappa shape index (κ1) is 12.9. The number of nitrogens with zero attached hydrogens (tertiary/aromatic N) is 1. The molecule has 2 N–H and O–H groups in total. The van der Waals surface area contributed by atoms with Crippen LogP contribution in [0.5, 0.6) is 0 Å². The lowest BCUT2D eigenvalue weighted by atomic mass is 9.82. The first-order valence-corrected chi connectivity index (χ1v) is 6.74. The molecule has 2 aromatic rings. The van der Waals surface area contributed by atoms with Crippen molar-refractivity contribution in [1.29, 1.82) is 0 Å². The van der Waals surface area contributed by atoms with E-state index in [1.807, 2.05) is 18.2 Å². The van der Waals surface area contributed by atoms with Crippen molar-refractivity contribution in [2.45, 2.75) is 18.4 Å². The van der Waals surface area contributed by atoms with E-state index in [-0.39, 0.29) is 11.4 Å². The minimum Gasteiger partial charge on any atom is -0.381 e. The Morgan fingerprint density at radius 2 is 2.00 bits per heavy atom. The average molecular weight is 271 g/mol. The number of rotatable bonds is 3. The molecule has 0 bridgehead atoms. The van der Waals surface area contributed by atoms with Gasteiger partial charge in [0, 0.05) is 13.2 Å². The molecule has 1 saturated heterocycles. The van der Waals surface area contributed by atoms with E-state index in [0.29, 0.717) is 18.9 Å². The number of nitrogens with one attached hydrogen (secondary N) is 2. The zero-order valence-corrected chi connectivity index (χ0v) is 11.1. The summed E-state index contributed by atoms with van der Waals surface area (Å²) < 4.78 is 5.45. The molecule has 0 atom stereocenters. The molecule has 0 spiro atoms. The van der Waals surface area contributed by atoms with Gasteiger partial charge in [-0.05, 0) is 18.4 Å². The molecule has 5 nitrogen and oxygen atoms in total. The maximum absolute atomic E-state index is 12.3. The Kier molecular flexibility index (Phi) is 3.52. The number of amides is 1. The molecule has 3 rings (SSSR count). The summed E-state index contributed by atoms with van der Waals surface area (Å²) in [6, 6.07) is 10.1. The molecular formula is C15H17N3O2. The lowest BCUT2D eigenvalue weighted by Crippen LogP contribution is -2.49. The molecular weight excluding hydrogens is 254 g/mol. The molecule has 1 aliphatic heterocycles. The number of hydrogen-bond acceptors (Lipinski definition) is 3. The second-order valence-corrected chi connectivity index (χ2v) is 4.98. The molecule has 1 fully saturated rings. The van der Waals surface area contributed by atoms with Gasteiger partial charge in [0.1, 0.15) is 5.69 Å². The van der Waals surface area contributed by atoms with Crippen LogP contribution < -0.4 is 5.32 Å². The predicted octanol–water partition coefficient (Wildman–Crippen LogP) is 1.85. The molecule has 1 aromatic heterocycles. The van der Waals surface area contributed by atoms with Crippen LogP contribution in [0.2, 0.25) is 0 Å². The van der Waals surface area contributed by atoms with E-state index < -0.39 is 0 Å².